The van der Waals surface area contributed by atoms with E-state index in [2.05, 4.69) is 136 Å². The van der Waals surface area contributed by atoms with Crippen LogP contribution in [0.4, 0.5) is 0 Å². The molecule has 0 atom stereocenters. The molecule has 2 aromatic rings. The first kappa shape index (κ1) is 43.6. The lowest BCUT2D eigenvalue weighted by Gasteiger charge is -2.33. The second kappa shape index (κ2) is 23.1. The zero-order valence-electron chi connectivity index (χ0n) is 35.2. The molecule has 2 aromatic carbocycles. The number of rotatable bonds is 28. The molecule has 1 aliphatic carbocycles. The number of aryl methyl sites for hydroxylation is 2. The first-order chi connectivity index (χ1) is 24.4. The summed E-state index contributed by atoms with van der Waals surface area (Å²) in [6, 6.07) is 14.6. The minimum absolute atomic E-state index is 0.136. The molecule has 0 heterocycles. The molecule has 0 spiro atoms. The van der Waals surface area contributed by atoms with Gasteiger partial charge in [-0.1, -0.05) is 73.2 Å². The quantitative estimate of drug-likeness (QED) is 0.0829. The van der Waals surface area contributed by atoms with Gasteiger partial charge in [-0.25, -0.2) is 0 Å². The summed E-state index contributed by atoms with van der Waals surface area (Å²) in [6.45, 7) is 16.6. The van der Waals surface area contributed by atoms with Gasteiger partial charge in [-0.3, -0.25) is 0 Å². The third-order valence-corrected chi connectivity index (χ3v) is 11.1. The lowest BCUT2D eigenvalue weighted by atomic mass is 9.70. The summed E-state index contributed by atoms with van der Waals surface area (Å²) < 4.78 is 0. The van der Waals surface area contributed by atoms with Crippen LogP contribution in [0.2, 0.25) is 0 Å². The van der Waals surface area contributed by atoms with E-state index >= 15 is 0 Å². The highest BCUT2D eigenvalue weighted by Gasteiger charge is 2.42. The van der Waals surface area contributed by atoms with E-state index in [1.165, 1.54) is 165 Å². The van der Waals surface area contributed by atoms with E-state index in [9.17, 15) is 0 Å². The molecule has 0 aliphatic heterocycles. The average molecular weight is 705 g/mol. The first-order valence-corrected chi connectivity index (χ1v) is 20.7. The highest BCUT2D eigenvalue weighted by Crippen LogP contribution is 2.54. The molecule has 0 radical (unpaired) electrons. The largest absolute Gasteiger partial charge is 0.309 e. The Labute approximate surface area is 316 Å². The van der Waals surface area contributed by atoms with E-state index in [-0.39, 0.29) is 5.41 Å². The molecule has 290 valence electrons. The smallest absolute Gasteiger partial charge is 0.0215 e. The van der Waals surface area contributed by atoms with Crippen molar-refractivity contribution in [1.29, 1.82) is 0 Å². The number of hydrogen-bond donors (Lipinski definition) is 0. The molecular formula is C45H80N6. The lowest BCUT2D eigenvalue weighted by molar-refractivity contribution is 0.234. The number of benzene rings is 2. The van der Waals surface area contributed by atoms with Gasteiger partial charge in [-0.05, 0) is 209 Å². The summed E-state index contributed by atoms with van der Waals surface area (Å²) in [5.41, 5.74) is 9.17. The molecule has 0 unspecified atom stereocenters. The Kier molecular flexibility index (Phi) is 19.7. The zero-order valence-corrected chi connectivity index (χ0v) is 35.2. The molecular weight excluding hydrogens is 625 g/mol. The van der Waals surface area contributed by atoms with Gasteiger partial charge in [0, 0.05) is 5.41 Å². The van der Waals surface area contributed by atoms with Crippen LogP contribution in [-0.2, 0) is 5.41 Å². The maximum Gasteiger partial charge on any atom is 0.0215 e. The summed E-state index contributed by atoms with van der Waals surface area (Å²) in [5, 5.41) is 0. The van der Waals surface area contributed by atoms with Crippen molar-refractivity contribution in [2.75, 3.05) is 122 Å². The molecule has 1 aliphatic rings. The van der Waals surface area contributed by atoms with Crippen molar-refractivity contribution in [1.82, 2.24) is 29.4 Å². The van der Waals surface area contributed by atoms with E-state index in [0.717, 1.165) is 0 Å². The summed E-state index contributed by atoms with van der Waals surface area (Å²) >= 11 is 0. The standard InChI is InChI=1S/C45H80N6/c1-39-21-23-41-42-24-22-40(2)38-44(42)45(43(41)37-39,25-13-11-15-31-50(33-17-27-46(3)4)34-18-28-47(5)6)26-14-12-16-32-51(35-19-29-48(7)8)36-20-30-49(9)10/h21-24,37-38H,11-20,25-36H2,1-10H3. The number of hydrogen-bond acceptors (Lipinski definition) is 6. The van der Waals surface area contributed by atoms with Gasteiger partial charge >= 0.3 is 0 Å². The molecule has 6 heteroatoms. The fraction of sp³-hybridized carbons (Fsp3) is 0.733. The van der Waals surface area contributed by atoms with Crippen molar-refractivity contribution >= 4 is 0 Å². The zero-order chi connectivity index (χ0) is 37.2. The molecule has 0 saturated carbocycles. The van der Waals surface area contributed by atoms with E-state index < -0.39 is 0 Å². The number of unbranched alkanes of at least 4 members (excludes halogenated alkanes) is 4. The average Bonchev–Trinajstić information content (AvgIpc) is 3.31. The summed E-state index contributed by atoms with van der Waals surface area (Å²) in [4.78, 5) is 14.8. The number of fused-ring (bicyclic) bond motifs is 3. The second-order valence-corrected chi connectivity index (χ2v) is 17.1. The van der Waals surface area contributed by atoms with Gasteiger partial charge in [0.25, 0.3) is 0 Å². The monoisotopic (exact) mass is 705 g/mol. The molecule has 0 N–H and O–H groups in total. The predicted molar refractivity (Wildman–Crippen MR) is 225 cm³/mol. The highest BCUT2D eigenvalue weighted by molar-refractivity contribution is 5.81. The van der Waals surface area contributed by atoms with Gasteiger partial charge in [-0.2, -0.15) is 0 Å². The maximum atomic E-state index is 2.75. The van der Waals surface area contributed by atoms with Crippen LogP contribution in [0.5, 0.6) is 0 Å². The Hall–Kier alpha value is -1.80. The third-order valence-electron chi connectivity index (χ3n) is 11.1. The van der Waals surface area contributed by atoms with Crippen molar-refractivity contribution in [2.24, 2.45) is 0 Å². The molecule has 0 bridgehead atoms. The van der Waals surface area contributed by atoms with E-state index in [1.54, 1.807) is 11.1 Å². The number of nitrogens with zero attached hydrogens (tertiary/aromatic N) is 6. The van der Waals surface area contributed by atoms with Crippen molar-refractivity contribution in [3.63, 3.8) is 0 Å². The van der Waals surface area contributed by atoms with Gasteiger partial charge < -0.3 is 29.4 Å². The van der Waals surface area contributed by atoms with E-state index in [4.69, 9.17) is 0 Å². The van der Waals surface area contributed by atoms with Crippen molar-refractivity contribution < 1.29 is 0 Å². The first-order valence-electron chi connectivity index (χ1n) is 20.7. The molecule has 3 rings (SSSR count). The Morgan fingerprint density at radius 3 is 1.00 bits per heavy atom. The Bertz CT molecular complexity index is 1110. The minimum atomic E-state index is 0.136. The molecule has 0 fully saturated rings. The van der Waals surface area contributed by atoms with Gasteiger partial charge in [0.1, 0.15) is 0 Å². The van der Waals surface area contributed by atoms with Crippen LogP contribution in [0.1, 0.15) is 99.3 Å². The lowest BCUT2D eigenvalue weighted by Crippen LogP contribution is -2.31. The fourth-order valence-corrected chi connectivity index (χ4v) is 8.38. The summed E-state index contributed by atoms with van der Waals surface area (Å²) in [6.07, 6.45) is 15.4. The SMILES string of the molecule is Cc1ccc2c(c1)C(CCCCCN(CCCN(C)C)CCCN(C)C)(CCCCCN(CCCN(C)C)CCCN(C)C)c1cc(C)ccc1-2. The van der Waals surface area contributed by atoms with Crippen molar-refractivity contribution in [2.45, 2.75) is 96.3 Å². The third kappa shape index (κ3) is 15.2. The maximum absolute atomic E-state index is 2.75. The minimum Gasteiger partial charge on any atom is -0.309 e. The second-order valence-electron chi connectivity index (χ2n) is 17.1. The van der Waals surface area contributed by atoms with Crippen LogP contribution >= 0.6 is 0 Å². The Morgan fingerprint density at radius 2 is 0.686 bits per heavy atom. The fourth-order valence-electron chi connectivity index (χ4n) is 8.38. The van der Waals surface area contributed by atoms with Crippen LogP contribution < -0.4 is 0 Å². The summed E-state index contributed by atoms with van der Waals surface area (Å²) in [5.74, 6) is 0. The normalized spacial score (nSPS) is 13.9. The van der Waals surface area contributed by atoms with Gasteiger partial charge in [0.05, 0.1) is 0 Å². The van der Waals surface area contributed by atoms with Gasteiger partial charge in [0.15, 0.2) is 0 Å². The molecule has 0 aromatic heterocycles. The molecule has 6 nitrogen and oxygen atoms in total. The predicted octanol–water partition coefficient (Wildman–Crippen LogP) is 8.10. The van der Waals surface area contributed by atoms with Crippen LogP contribution in [0.15, 0.2) is 36.4 Å². The molecule has 0 amide bonds. The van der Waals surface area contributed by atoms with Crippen molar-refractivity contribution in [3.05, 3.63) is 58.7 Å². The van der Waals surface area contributed by atoms with Crippen LogP contribution in [0.25, 0.3) is 11.1 Å². The van der Waals surface area contributed by atoms with Gasteiger partial charge in [-0.15, -0.1) is 0 Å². The van der Waals surface area contributed by atoms with E-state index in [0.29, 0.717) is 0 Å². The molecule has 0 saturated heterocycles. The Morgan fingerprint density at radius 1 is 0.373 bits per heavy atom. The van der Waals surface area contributed by atoms with E-state index in [1.807, 2.05) is 0 Å². The summed E-state index contributed by atoms with van der Waals surface area (Å²) in [7, 11) is 17.6. The van der Waals surface area contributed by atoms with Crippen LogP contribution in [0, 0.1) is 13.8 Å². The highest BCUT2D eigenvalue weighted by atomic mass is 15.1. The van der Waals surface area contributed by atoms with Crippen LogP contribution in [0.3, 0.4) is 0 Å². The Balaban J connectivity index is 1.68. The topological polar surface area (TPSA) is 19.4 Å². The van der Waals surface area contributed by atoms with Crippen LogP contribution in [-0.4, -0.2) is 151 Å². The van der Waals surface area contributed by atoms with Gasteiger partial charge in [0.2, 0.25) is 0 Å². The molecule has 51 heavy (non-hydrogen) atoms. The van der Waals surface area contributed by atoms with Crippen molar-refractivity contribution in [3.8, 4) is 11.1 Å².